The van der Waals surface area contributed by atoms with Crippen molar-refractivity contribution in [3.05, 3.63) is 0 Å². The van der Waals surface area contributed by atoms with E-state index in [1.54, 1.807) is 0 Å². The maximum absolute atomic E-state index is 3.87. The second kappa shape index (κ2) is 4.45. The molecule has 0 heterocycles. The van der Waals surface area contributed by atoms with Crippen molar-refractivity contribution >= 4 is 11.8 Å². The number of rotatable bonds is 4. The van der Waals surface area contributed by atoms with E-state index in [1.165, 1.54) is 38.6 Å². The minimum atomic E-state index is 0.509. The fourth-order valence-corrected chi connectivity index (χ4v) is 4.65. The summed E-state index contributed by atoms with van der Waals surface area (Å²) >= 11 is 2.06. The molecule has 1 nitrogen and oxygen atoms in total. The van der Waals surface area contributed by atoms with Crippen molar-refractivity contribution in [3.8, 4) is 0 Å². The second-order valence-electron chi connectivity index (χ2n) is 7.88. The van der Waals surface area contributed by atoms with Crippen molar-refractivity contribution in [3.63, 3.8) is 0 Å². The van der Waals surface area contributed by atoms with Gasteiger partial charge < -0.3 is 5.32 Å². The summed E-state index contributed by atoms with van der Waals surface area (Å²) in [5.41, 5.74) is 1.02. The fraction of sp³-hybridized carbons (Fsp3) is 1.00. The van der Waals surface area contributed by atoms with Gasteiger partial charge in [0.05, 0.1) is 0 Å². The van der Waals surface area contributed by atoms with E-state index in [0.29, 0.717) is 15.6 Å². The van der Waals surface area contributed by atoms with Gasteiger partial charge in [0, 0.05) is 17.3 Å². The molecule has 0 atom stereocenters. The zero-order chi connectivity index (χ0) is 12.7. The van der Waals surface area contributed by atoms with Crippen LogP contribution in [0.15, 0.2) is 0 Å². The highest BCUT2D eigenvalue weighted by Crippen LogP contribution is 2.48. The predicted molar refractivity (Wildman–Crippen MR) is 78.7 cm³/mol. The molecule has 100 valence electrons. The summed E-state index contributed by atoms with van der Waals surface area (Å²) in [7, 11) is 0. The first-order valence-electron chi connectivity index (χ1n) is 7.05. The molecule has 0 aromatic carbocycles. The molecule has 0 bridgehead atoms. The van der Waals surface area contributed by atoms with Crippen LogP contribution in [0, 0.1) is 10.8 Å². The van der Waals surface area contributed by atoms with Crippen molar-refractivity contribution in [2.75, 3.05) is 12.8 Å². The summed E-state index contributed by atoms with van der Waals surface area (Å²) in [4.78, 5) is 0. The Bertz CT molecular complexity index is 263. The van der Waals surface area contributed by atoms with E-state index in [-0.39, 0.29) is 0 Å². The second-order valence-corrected chi connectivity index (χ2v) is 9.15. The predicted octanol–water partition coefficient (Wildman–Crippen LogP) is 4.08. The fourth-order valence-electron chi connectivity index (χ4n) is 3.91. The van der Waals surface area contributed by atoms with E-state index in [9.17, 15) is 0 Å². The SMILES string of the molecule is CSC1(CNC2CC(C)(C)CC(C)(C)C2)CC1. The molecule has 2 heteroatoms. The lowest BCUT2D eigenvalue weighted by Crippen LogP contribution is -2.45. The van der Waals surface area contributed by atoms with Gasteiger partial charge in [-0.15, -0.1) is 0 Å². The Labute approximate surface area is 112 Å². The first-order chi connectivity index (χ1) is 7.76. The molecule has 1 N–H and O–H groups in total. The molecule has 0 radical (unpaired) electrons. The summed E-state index contributed by atoms with van der Waals surface area (Å²) < 4.78 is 0.603. The maximum atomic E-state index is 3.87. The van der Waals surface area contributed by atoms with Gasteiger partial charge in [-0.2, -0.15) is 11.8 Å². The van der Waals surface area contributed by atoms with Gasteiger partial charge in [-0.25, -0.2) is 0 Å². The summed E-state index contributed by atoms with van der Waals surface area (Å²) in [6, 6.07) is 0.735. The van der Waals surface area contributed by atoms with Gasteiger partial charge in [0.25, 0.3) is 0 Å². The number of hydrogen-bond acceptors (Lipinski definition) is 2. The summed E-state index contributed by atoms with van der Waals surface area (Å²) in [5, 5.41) is 3.87. The van der Waals surface area contributed by atoms with Crippen LogP contribution in [0.4, 0.5) is 0 Å². The minimum absolute atomic E-state index is 0.509. The third kappa shape index (κ3) is 3.64. The first kappa shape index (κ1) is 13.7. The molecule has 2 saturated carbocycles. The van der Waals surface area contributed by atoms with Crippen LogP contribution < -0.4 is 5.32 Å². The Balaban J connectivity index is 1.88. The molecular formula is C15H29NS. The average Bonchev–Trinajstić information content (AvgIpc) is 2.90. The van der Waals surface area contributed by atoms with E-state index in [2.05, 4.69) is 51.0 Å². The normalized spacial score (nSPS) is 30.2. The summed E-state index contributed by atoms with van der Waals surface area (Å²) in [5.74, 6) is 0. The van der Waals surface area contributed by atoms with Gasteiger partial charge in [-0.1, -0.05) is 27.7 Å². The van der Waals surface area contributed by atoms with Crippen LogP contribution in [0.2, 0.25) is 0 Å². The van der Waals surface area contributed by atoms with E-state index in [0.717, 1.165) is 6.04 Å². The van der Waals surface area contributed by atoms with Crippen molar-refractivity contribution in [1.29, 1.82) is 0 Å². The van der Waals surface area contributed by atoms with E-state index in [4.69, 9.17) is 0 Å². The molecule has 0 aromatic heterocycles. The van der Waals surface area contributed by atoms with Crippen LogP contribution in [-0.2, 0) is 0 Å². The number of hydrogen-bond donors (Lipinski definition) is 1. The molecule has 2 fully saturated rings. The van der Waals surface area contributed by atoms with Crippen LogP contribution in [0.5, 0.6) is 0 Å². The topological polar surface area (TPSA) is 12.0 Å². The molecule has 0 saturated heterocycles. The van der Waals surface area contributed by atoms with Crippen molar-refractivity contribution < 1.29 is 0 Å². The Morgan fingerprint density at radius 1 is 1.06 bits per heavy atom. The molecule has 0 amide bonds. The van der Waals surface area contributed by atoms with Crippen LogP contribution >= 0.6 is 11.8 Å². The highest BCUT2D eigenvalue weighted by atomic mass is 32.2. The van der Waals surface area contributed by atoms with Crippen molar-refractivity contribution in [2.45, 2.75) is 70.6 Å². The highest BCUT2D eigenvalue weighted by Gasteiger charge is 2.43. The van der Waals surface area contributed by atoms with Crippen molar-refractivity contribution in [2.24, 2.45) is 10.8 Å². The van der Waals surface area contributed by atoms with Gasteiger partial charge in [-0.3, -0.25) is 0 Å². The first-order valence-corrected chi connectivity index (χ1v) is 8.27. The zero-order valence-electron chi connectivity index (χ0n) is 12.2. The van der Waals surface area contributed by atoms with E-state index >= 15 is 0 Å². The van der Waals surface area contributed by atoms with E-state index < -0.39 is 0 Å². The Kier molecular flexibility index (Phi) is 3.60. The number of thioether (sulfide) groups is 1. The average molecular weight is 255 g/mol. The number of nitrogens with one attached hydrogen (secondary N) is 1. The molecule has 17 heavy (non-hydrogen) atoms. The highest BCUT2D eigenvalue weighted by molar-refractivity contribution is 8.00. The van der Waals surface area contributed by atoms with Gasteiger partial charge in [0.15, 0.2) is 0 Å². The van der Waals surface area contributed by atoms with E-state index in [1.807, 2.05) is 0 Å². The Hall–Kier alpha value is 0.310. The van der Waals surface area contributed by atoms with Gasteiger partial charge >= 0.3 is 0 Å². The van der Waals surface area contributed by atoms with Gasteiger partial charge in [0.1, 0.15) is 0 Å². The maximum Gasteiger partial charge on any atom is 0.0282 e. The lowest BCUT2D eigenvalue weighted by molar-refractivity contribution is 0.0851. The summed E-state index contributed by atoms with van der Waals surface area (Å²) in [6.45, 7) is 11.0. The molecule has 2 aliphatic carbocycles. The molecule has 0 aliphatic heterocycles. The molecule has 2 aliphatic rings. The largest absolute Gasteiger partial charge is 0.313 e. The Morgan fingerprint density at radius 3 is 2.00 bits per heavy atom. The van der Waals surface area contributed by atoms with Crippen LogP contribution in [0.1, 0.15) is 59.8 Å². The molecule has 0 unspecified atom stereocenters. The zero-order valence-corrected chi connectivity index (χ0v) is 13.0. The molecule has 0 spiro atoms. The quantitative estimate of drug-likeness (QED) is 0.812. The monoisotopic (exact) mass is 255 g/mol. The lowest BCUT2D eigenvalue weighted by Gasteiger charge is -2.45. The summed E-state index contributed by atoms with van der Waals surface area (Å²) in [6.07, 6.45) is 9.17. The third-order valence-corrected chi connectivity index (χ3v) is 5.93. The van der Waals surface area contributed by atoms with Crippen LogP contribution in [-0.4, -0.2) is 23.6 Å². The van der Waals surface area contributed by atoms with Crippen molar-refractivity contribution in [1.82, 2.24) is 5.32 Å². The smallest absolute Gasteiger partial charge is 0.0282 e. The van der Waals surface area contributed by atoms with Crippen LogP contribution in [0.3, 0.4) is 0 Å². The molecular weight excluding hydrogens is 226 g/mol. The van der Waals surface area contributed by atoms with Gasteiger partial charge in [-0.05, 0) is 49.2 Å². The third-order valence-electron chi connectivity index (χ3n) is 4.51. The standard InChI is InChI=1S/C15H29NS/c1-13(2)8-12(9-14(3,4)10-13)16-11-15(17-5)6-7-15/h12,16H,6-11H2,1-5H3. The molecule has 2 rings (SSSR count). The minimum Gasteiger partial charge on any atom is -0.313 e. The van der Waals surface area contributed by atoms with Gasteiger partial charge in [0.2, 0.25) is 0 Å². The Morgan fingerprint density at radius 2 is 1.59 bits per heavy atom. The van der Waals surface area contributed by atoms with Crippen LogP contribution in [0.25, 0.3) is 0 Å². The lowest BCUT2D eigenvalue weighted by atomic mass is 9.63. The molecule has 0 aromatic rings.